The third-order valence-electron chi connectivity index (χ3n) is 4.16. The van der Waals surface area contributed by atoms with Crippen LogP contribution in [-0.4, -0.2) is 49.6 Å². The summed E-state index contributed by atoms with van der Waals surface area (Å²) in [7, 11) is 2.14. The van der Waals surface area contributed by atoms with Gasteiger partial charge in [-0.3, -0.25) is 10.1 Å². The lowest BCUT2D eigenvalue weighted by Crippen LogP contribution is -2.36. The molecule has 0 radical (unpaired) electrons. The second kappa shape index (κ2) is 9.89. The highest BCUT2D eigenvalue weighted by atomic mass is 35.5. The molecular formula is C17H25Cl2N3O2. The quantitative estimate of drug-likeness (QED) is 0.796. The number of amides is 1. The first-order valence-corrected chi connectivity index (χ1v) is 7.87. The summed E-state index contributed by atoms with van der Waals surface area (Å²) in [6, 6.07) is 7.40. The number of nitrogens with zero attached hydrogens (tertiary/aromatic N) is 1. The van der Waals surface area contributed by atoms with Gasteiger partial charge in [0, 0.05) is 25.3 Å². The molecule has 1 unspecified atom stereocenters. The Balaban J connectivity index is 0.00000144. The van der Waals surface area contributed by atoms with Gasteiger partial charge in [-0.1, -0.05) is 12.2 Å². The van der Waals surface area contributed by atoms with Crippen LogP contribution in [0.25, 0.3) is 0 Å². The number of piperidine rings is 1. The molecule has 2 aliphatic rings. The molecule has 1 atom stereocenters. The summed E-state index contributed by atoms with van der Waals surface area (Å²) < 4.78 is 6.00. The monoisotopic (exact) mass is 373 g/mol. The van der Waals surface area contributed by atoms with E-state index < -0.39 is 0 Å². The Bertz CT molecular complexity index is 543. The van der Waals surface area contributed by atoms with E-state index in [1.807, 2.05) is 36.4 Å². The largest absolute Gasteiger partial charge is 0.490 e. The van der Waals surface area contributed by atoms with Crippen molar-refractivity contribution in [1.29, 1.82) is 0 Å². The van der Waals surface area contributed by atoms with Crippen LogP contribution in [0.4, 0.5) is 5.69 Å². The molecule has 1 aromatic rings. The first-order valence-electron chi connectivity index (χ1n) is 7.87. The minimum absolute atomic E-state index is 0. The van der Waals surface area contributed by atoms with E-state index in [1.165, 1.54) is 0 Å². The molecular weight excluding hydrogens is 349 g/mol. The predicted molar refractivity (Wildman–Crippen MR) is 102 cm³/mol. The van der Waals surface area contributed by atoms with Crippen LogP contribution in [0.5, 0.6) is 5.75 Å². The summed E-state index contributed by atoms with van der Waals surface area (Å²) in [6.45, 7) is 2.92. The molecule has 2 N–H and O–H groups in total. The molecule has 1 amide bonds. The van der Waals surface area contributed by atoms with Crippen molar-refractivity contribution in [3.05, 3.63) is 36.4 Å². The molecule has 0 aliphatic carbocycles. The second-order valence-electron chi connectivity index (χ2n) is 5.95. The first kappa shape index (κ1) is 20.8. The zero-order valence-corrected chi connectivity index (χ0v) is 15.4. The average molecular weight is 374 g/mol. The standard InChI is InChI=1S/C17H23N3O2.2ClH/c1-20-11-8-15(9-12-20)22-14-6-4-13(5-7-14)19-17(21)16-3-2-10-18-16;;/h2-7,15-16,18H,8-12H2,1H3,(H,19,21);2*1H. The summed E-state index contributed by atoms with van der Waals surface area (Å²) in [5.74, 6) is 0.837. The fourth-order valence-corrected chi connectivity index (χ4v) is 2.78. The van der Waals surface area contributed by atoms with Crippen molar-refractivity contribution >= 4 is 36.4 Å². The van der Waals surface area contributed by atoms with Crippen molar-refractivity contribution in [2.75, 3.05) is 32.0 Å². The number of ether oxygens (including phenoxy) is 1. The van der Waals surface area contributed by atoms with E-state index in [-0.39, 0.29) is 36.8 Å². The Morgan fingerprint density at radius 1 is 1.21 bits per heavy atom. The Morgan fingerprint density at radius 2 is 1.88 bits per heavy atom. The van der Waals surface area contributed by atoms with Gasteiger partial charge in [0.15, 0.2) is 0 Å². The van der Waals surface area contributed by atoms with E-state index in [2.05, 4.69) is 22.6 Å². The molecule has 2 aliphatic heterocycles. The fraction of sp³-hybridized carbons (Fsp3) is 0.471. The topological polar surface area (TPSA) is 53.6 Å². The van der Waals surface area contributed by atoms with Crippen LogP contribution in [0.15, 0.2) is 36.4 Å². The van der Waals surface area contributed by atoms with Crippen LogP contribution in [0.3, 0.4) is 0 Å². The van der Waals surface area contributed by atoms with Gasteiger partial charge in [-0.2, -0.15) is 0 Å². The van der Waals surface area contributed by atoms with Gasteiger partial charge in [0.1, 0.15) is 17.9 Å². The van der Waals surface area contributed by atoms with Crippen LogP contribution in [0.1, 0.15) is 12.8 Å². The van der Waals surface area contributed by atoms with E-state index in [4.69, 9.17) is 4.74 Å². The third-order valence-corrected chi connectivity index (χ3v) is 4.16. The highest BCUT2D eigenvalue weighted by Crippen LogP contribution is 2.21. The average Bonchev–Trinajstić information content (AvgIpc) is 3.06. The minimum Gasteiger partial charge on any atom is -0.490 e. The van der Waals surface area contributed by atoms with Crippen molar-refractivity contribution < 1.29 is 9.53 Å². The number of carbonyl (C=O) groups excluding carboxylic acids is 1. The van der Waals surface area contributed by atoms with Crippen LogP contribution in [0, 0.1) is 0 Å². The Morgan fingerprint density at radius 3 is 2.46 bits per heavy atom. The van der Waals surface area contributed by atoms with Crippen LogP contribution >= 0.6 is 24.8 Å². The summed E-state index contributed by atoms with van der Waals surface area (Å²) in [4.78, 5) is 14.3. The summed E-state index contributed by atoms with van der Waals surface area (Å²) >= 11 is 0. The normalized spacial score (nSPS) is 20.8. The van der Waals surface area contributed by atoms with E-state index in [0.717, 1.165) is 43.9 Å². The van der Waals surface area contributed by atoms with Gasteiger partial charge >= 0.3 is 0 Å². The van der Waals surface area contributed by atoms with E-state index in [9.17, 15) is 4.79 Å². The summed E-state index contributed by atoms with van der Waals surface area (Å²) in [6.07, 6.45) is 6.27. The molecule has 134 valence electrons. The predicted octanol–water partition coefficient (Wildman–Crippen LogP) is 2.47. The van der Waals surface area contributed by atoms with Crippen LogP contribution < -0.4 is 15.4 Å². The smallest absolute Gasteiger partial charge is 0.245 e. The molecule has 1 aromatic carbocycles. The maximum atomic E-state index is 12.0. The van der Waals surface area contributed by atoms with Crippen LogP contribution in [0.2, 0.25) is 0 Å². The van der Waals surface area contributed by atoms with Gasteiger partial charge in [0.25, 0.3) is 0 Å². The molecule has 5 nitrogen and oxygen atoms in total. The number of carbonyl (C=O) groups is 1. The van der Waals surface area contributed by atoms with Crippen molar-refractivity contribution in [3.8, 4) is 5.75 Å². The molecule has 7 heteroatoms. The van der Waals surface area contributed by atoms with Crippen molar-refractivity contribution in [1.82, 2.24) is 10.2 Å². The first-order chi connectivity index (χ1) is 10.7. The molecule has 0 saturated carbocycles. The number of hydrogen-bond donors (Lipinski definition) is 2. The van der Waals surface area contributed by atoms with E-state index in [1.54, 1.807) is 0 Å². The highest BCUT2D eigenvalue weighted by Gasteiger charge is 2.19. The molecule has 24 heavy (non-hydrogen) atoms. The van der Waals surface area contributed by atoms with Gasteiger partial charge in [-0.15, -0.1) is 24.8 Å². The molecule has 0 aromatic heterocycles. The van der Waals surface area contributed by atoms with Crippen molar-refractivity contribution in [2.45, 2.75) is 25.0 Å². The van der Waals surface area contributed by atoms with Crippen LogP contribution in [-0.2, 0) is 4.79 Å². The number of benzene rings is 1. The maximum Gasteiger partial charge on any atom is 0.245 e. The second-order valence-corrected chi connectivity index (χ2v) is 5.95. The molecule has 2 heterocycles. The zero-order valence-electron chi connectivity index (χ0n) is 13.7. The lowest BCUT2D eigenvalue weighted by molar-refractivity contribution is -0.116. The molecule has 3 rings (SSSR count). The van der Waals surface area contributed by atoms with Crippen molar-refractivity contribution in [2.24, 2.45) is 0 Å². The zero-order chi connectivity index (χ0) is 15.4. The molecule has 0 spiro atoms. The fourth-order valence-electron chi connectivity index (χ4n) is 2.78. The minimum atomic E-state index is -0.227. The number of anilines is 1. The lowest BCUT2D eigenvalue weighted by Gasteiger charge is -2.29. The number of rotatable bonds is 4. The highest BCUT2D eigenvalue weighted by molar-refractivity contribution is 5.96. The molecule has 0 bridgehead atoms. The number of likely N-dealkylation sites (tertiary alicyclic amines) is 1. The lowest BCUT2D eigenvalue weighted by atomic mass is 10.1. The Kier molecular flexibility index (Phi) is 8.56. The maximum absolute atomic E-state index is 12.0. The third kappa shape index (κ3) is 5.67. The van der Waals surface area contributed by atoms with Gasteiger partial charge in [-0.05, 0) is 44.2 Å². The van der Waals surface area contributed by atoms with Gasteiger partial charge in [0.2, 0.25) is 5.91 Å². The molecule has 1 fully saturated rings. The Labute approximate surface area is 155 Å². The number of nitrogens with one attached hydrogen (secondary N) is 2. The molecule has 1 saturated heterocycles. The van der Waals surface area contributed by atoms with E-state index in [0.29, 0.717) is 6.10 Å². The number of halogens is 2. The van der Waals surface area contributed by atoms with Gasteiger partial charge in [0.05, 0.1) is 0 Å². The van der Waals surface area contributed by atoms with Gasteiger partial charge in [-0.25, -0.2) is 0 Å². The number of hydrogen-bond acceptors (Lipinski definition) is 4. The van der Waals surface area contributed by atoms with E-state index >= 15 is 0 Å². The summed E-state index contributed by atoms with van der Waals surface area (Å²) in [5, 5.41) is 6.00. The Hall–Kier alpha value is -1.27. The summed E-state index contributed by atoms with van der Waals surface area (Å²) in [5.41, 5.74) is 0.794. The van der Waals surface area contributed by atoms with Crippen molar-refractivity contribution in [3.63, 3.8) is 0 Å². The SMILES string of the molecule is CN1CCC(Oc2ccc(NC(=O)C3C=CCN3)cc2)CC1.Cl.Cl. The van der Waals surface area contributed by atoms with Gasteiger partial charge < -0.3 is 15.0 Å².